The van der Waals surface area contributed by atoms with Gasteiger partial charge in [0.1, 0.15) is 11.4 Å². The highest BCUT2D eigenvalue weighted by Crippen LogP contribution is 2.31. The Morgan fingerprint density at radius 3 is 3.11 bits per heavy atom. The van der Waals surface area contributed by atoms with Crippen LogP contribution in [0.3, 0.4) is 0 Å². The number of methoxy groups -OCH3 is 1. The highest BCUT2D eigenvalue weighted by atomic mass is 16.5. The number of fused-ring (bicyclic) bond motifs is 1. The van der Waals surface area contributed by atoms with Crippen molar-refractivity contribution in [3.05, 3.63) is 40.2 Å². The van der Waals surface area contributed by atoms with Gasteiger partial charge in [0.05, 0.1) is 12.8 Å². The third kappa shape index (κ3) is 2.07. The van der Waals surface area contributed by atoms with Crippen LogP contribution in [0.1, 0.15) is 12.0 Å². The van der Waals surface area contributed by atoms with Gasteiger partial charge in [0.15, 0.2) is 0 Å². The number of anilines is 1. The van der Waals surface area contributed by atoms with E-state index in [1.54, 1.807) is 7.11 Å². The van der Waals surface area contributed by atoms with Crippen molar-refractivity contribution in [3.63, 3.8) is 0 Å². The lowest BCUT2D eigenvalue weighted by molar-refractivity contribution is 0.415. The van der Waals surface area contributed by atoms with Crippen molar-refractivity contribution in [3.8, 4) is 17.0 Å². The molecule has 0 spiro atoms. The first-order valence-electron chi connectivity index (χ1n) is 6.29. The number of aromatic nitrogens is 2. The van der Waals surface area contributed by atoms with Gasteiger partial charge in [-0.05, 0) is 25.0 Å². The zero-order chi connectivity index (χ0) is 13.2. The van der Waals surface area contributed by atoms with E-state index in [9.17, 15) is 4.79 Å². The van der Waals surface area contributed by atoms with Crippen molar-refractivity contribution >= 4 is 5.69 Å². The van der Waals surface area contributed by atoms with Crippen LogP contribution in [0.2, 0.25) is 0 Å². The normalized spacial score (nSPS) is 13.5. The number of hydrogen-bond donors (Lipinski definition) is 2. The van der Waals surface area contributed by atoms with Gasteiger partial charge in [0.25, 0.3) is 5.56 Å². The van der Waals surface area contributed by atoms with E-state index in [1.165, 1.54) is 0 Å². The third-order valence-electron chi connectivity index (χ3n) is 3.33. The summed E-state index contributed by atoms with van der Waals surface area (Å²) >= 11 is 0. The molecule has 2 aromatic rings. The first-order chi connectivity index (χ1) is 9.29. The number of nitrogens with zero attached hydrogens (tertiary/aromatic N) is 1. The Morgan fingerprint density at radius 2 is 2.26 bits per heavy atom. The van der Waals surface area contributed by atoms with Crippen LogP contribution in [0.4, 0.5) is 5.69 Å². The highest BCUT2D eigenvalue weighted by Gasteiger charge is 2.18. The standard InChI is InChI=1S/C14H15N3O2/c1-19-10-5-2-4-9(8-10)12-13-11(6-3-7-15-13)14(18)17-16-12/h2,4-5,8,15H,3,6-7H2,1H3,(H,17,18). The zero-order valence-electron chi connectivity index (χ0n) is 10.7. The summed E-state index contributed by atoms with van der Waals surface area (Å²) in [5, 5.41) is 10.0. The maximum atomic E-state index is 11.8. The van der Waals surface area contributed by atoms with Gasteiger partial charge in [-0.15, -0.1) is 0 Å². The average molecular weight is 257 g/mol. The van der Waals surface area contributed by atoms with Gasteiger partial charge >= 0.3 is 0 Å². The molecule has 1 aliphatic heterocycles. The van der Waals surface area contributed by atoms with Crippen LogP contribution in [-0.4, -0.2) is 23.9 Å². The lowest BCUT2D eigenvalue weighted by atomic mass is 10.0. The van der Waals surface area contributed by atoms with Crippen molar-refractivity contribution in [1.29, 1.82) is 0 Å². The van der Waals surface area contributed by atoms with Gasteiger partial charge in [-0.2, -0.15) is 5.10 Å². The fourth-order valence-electron chi connectivity index (χ4n) is 2.37. The largest absolute Gasteiger partial charge is 0.497 e. The molecular weight excluding hydrogens is 242 g/mol. The van der Waals surface area contributed by atoms with Crippen LogP contribution in [0.15, 0.2) is 29.1 Å². The summed E-state index contributed by atoms with van der Waals surface area (Å²) in [6.45, 7) is 0.870. The molecule has 5 heteroatoms. The molecule has 0 radical (unpaired) electrons. The van der Waals surface area contributed by atoms with E-state index in [4.69, 9.17) is 4.74 Å². The molecule has 3 rings (SSSR count). The number of benzene rings is 1. The summed E-state index contributed by atoms with van der Waals surface area (Å²) in [4.78, 5) is 11.8. The molecule has 19 heavy (non-hydrogen) atoms. The monoisotopic (exact) mass is 257 g/mol. The Kier molecular flexibility index (Phi) is 2.95. The minimum Gasteiger partial charge on any atom is -0.497 e. The van der Waals surface area contributed by atoms with E-state index >= 15 is 0 Å². The Labute approximate surface area is 110 Å². The Balaban J connectivity index is 2.17. The van der Waals surface area contributed by atoms with E-state index < -0.39 is 0 Å². The van der Waals surface area contributed by atoms with Gasteiger partial charge in [-0.3, -0.25) is 4.79 Å². The summed E-state index contributed by atoms with van der Waals surface area (Å²) in [6.07, 6.45) is 1.76. The molecule has 0 saturated heterocycles. The smallest absolute Gasteiger partial charge is 0.269 e. The molecule has 5 nitrogen and oxygen atoms in total. The van der Waals surface area contributed by atoms with Crippen molar-refractivity contribution in [2.75, 3.05) is 19.0 Å². The van der Waals surface area contributed by atoms with Crippen LogP contribution >= 0.6 is 0 Å². The van der Waals surface area contributed by atoms with Crippen molar-refractivity contribution < 1.29 is 4.74 Å². The number of H-pyrrole nitrogens is 1. The molecular formula is C14H15N3O2. The molecule has 0 aliphatic carbocycles. The average Bonchev–Trinajstić information content (AvgIpc) is 2.48. The van der Waals surface area contributed by atoms with Gasteiger partial charge in [0.2, 0.25) is 0 Å². The van der Waals surface area contributed by atoms with Gasteiger partial charge in [0, 0.05) is 17.7 Å². The molecule has 98 valence electrons. The minimum atomic E-state index is -0.103. The number of rotatable bonds is 2. The summed E-state index contributed by atoms with van der Waals surface area (Å²) < 4.78 is 5.22. The maximum Gasteiger partial charge on any atom is 0.269 e. The topological polar surface area (TPSA) is 67.0 Å². The van der Waals surface area contributed by atoms with E-state index in [-0.39, 0.29) is 5.56 Å². The minimum absolute atomic E-state index is 0.103. The van der Waals surface area contributed by atoms with Gasteiger partial charge in [-0.25, -0.2) is 5.10 Å². The van der Waals surface area contributed by atoms with Crippen LogP contribution < -0.4 is 15.6 Å². The van der Waals surface area contributed by atoms with Crippen LogP contribution in [0, 0.1) is 0 Å². The predicted octanol–water partition coefficient (Wildman–Crippen LogP) is 1.80. The SMILES string of the molecule is COc1cccc(-c2n[nH]c(=O)c3c2NCCC3)c1. The summed E-state index contributed by atoms with van der Waals surface area (Å²) in [5.74, 6) is 0.773. The van der Waals surface area contributed by atoms with Crippen molar-refractivity contribution in [2.24, 2.45) is 0 Å². The summed E-state index contributed by atoms with van der Waals surface area (Å²) in [7, 11) is 1.63. The van der Waals surface area contributed by atoms with E-state index in [2.05, 4.69) is 15.5 Å². The van der Waals surface area contributed by atoms with Crippen LogP contribution in [0.25, 0.3) is 11.3 Å². The first-order valence-corrected chi connectivity index (χ1v) is 6.29. The zero-order valence-corrected chi connectivity index (χ0v) is 10.7. The molecule has 1 aromatic carbocycles. The number of ether oxygens (including phenoxy) is 1. The second-order valence-electron chi connectivity index (χ2n) is 4.52. The molecule has 1 aromatic heterocycles. The Bertz CT molecular complexity index is 664. The second kappa shape index (κ2) is 4.76. The molecule has 0 unspecified atom stereocenters. The van der Waals surface area contributed by atoms with Crippen molar-refractivity contribution in [1.82, 2.24) is 10.2 Å². The third-order valence-corrected chi connectivity index (χ3v) is 3.33. The quantitative estimate of drug-likeness (QED) is 0.861. The Morgan fingerprint density at radius 1 is 1.37 bits per heavy atom. The molecule has 0 amide bonds. The lowest BCUT2D eigenvalue weighted by Crippen LogP contribution is -2.24. The number of nitrogens with one attached hydrogen (secondary N) is 2. The van der Waals surface area contributed by atoms with Gasteiger partial charge in [-0.1, -0.05) is 12.1 Å². The molecule has 0 saturated carbocycles. The fraction of sp³-hybridized carbons (Fsp3) is 0.286. The fourth-order valence-corrected chi connectivity index (χ4v) is 2.37. The first kappa shape index (κ1) is 11.8. The van der Waals surface area contributed by atoms with E-state index in [0.29, 0.717) is 0 Å². The number of hydrogen-bond acceptors (Lipinski definition) is 4. The second-order valence-corrected chi connectivity index (χ2v) is 4.52. The van der Waals surface area contributed by atoms with Crippen molar-refractivity contribution in [2.45, 2.75) is 12.8 Å². The molecule has 0 atom stereocenters. The molecule has 2 N–H and O–H groups in total. The van der Waals surface area contributed by atoms with Crippen LogP contribution in [0.5, 0.6) is 5.75 Å². The lowest BCUT2D eigenvalue weighted by Gasteiger charge is -2.19. The van der Waals surface area contributed by atoms with E-state index in [0.717, 1.165) is 47.6 Å². The predicted molar refractivity (Wildman–Crippen MR) is 73.7 cm³/mol. The summed E-state index contributed by atoms with van der Waals surface area (Å²) in [5.41, 5.74) is 3.24. The van der Waals surface area contributed by atoms with Crippen LogP contribution in [-0.2, 0) is 6.42 Å². The maximum absolute atomic E-state index is 11.8. The molecule has 0 fully saturated rings. The molecule has 0 bridgehead atoms. The van der Waals surface area contributed by atoms with Gasteiger partial charge < -0.3 is 10.1 Å². The van der Waals surface area contributed by atoms with E-state index in [1.807, 2.05) is 24.3 Å². The highest BCUT2D eigenvalue weighted by molar-refractivity contribution is 5.77. The number of aromatic amines is 1. The molecule has 1 aliphatic rings. The molecule has 2 heterocycles. The Hall–Kier alpha value is -2.30. The summed E-state index contributed by atoms with van der Waals surface area (Å²) in [6, 6.07) is 7.67.